The van der Waals surface area contributed by atoms with Gasteiger partial charge in [0.2, 0.25) is 5.91 Å². The maximum atomic E-state index is 13.1. The Morgan fingerprint density at radius 1 is 0.828 bits per heavy atom. The summed E-state index contributed by atoms with van der Waals surface area (Å²) in [5, 5.41) is 8.48. The van der Waals surface area contributed by atoms with E-state index in [4.69, 9.17) is 12.2 Å². The Morgan fingerprint density at radius 2 is 1.41 bits per heavy atom. The van der Waals surface area contributed by atoms with Gasteiger partial charge in [-0.05, 0) is 41.5 Å². The van der Waals surface area contributed by atoms with E-state index in [0.717, 1.165) is 11.1 Å². The number of nitrogens with one attached hydrogen (secondary N) is 3. The predicted octanol–water partition coefficient (Wildman–Crippen LogP) is 3.69. The molecule has 29 heavy (non-hydrogen) atoms. The number of rotatable bonds is 5. The van der Waals surface area contributed by atoms with Crippen LogP contribution >= 0.6 is 12.2 Å². The molecule has 0 atom stereocenters. The highest BCUT2D eigenvalue weighted by molar-refractivity contribution is 7.80. The number of thiocarbonyl (C=S) groups is 1. The zero-order valence-electron chi connectivity index (χ0n) is 15.9. The first-order chi connectivity index (χ1) is 14.1. The highest BCUT2D eigenvalue weighted by Crippen LogP contribution is 2.24. The van der Waals surface area contributed by atoms with Crippen LogP contribution in [0, 0.1) is 0 Å². The van der Waals surface area contributed by atoms with E-state index in [-0.39, 0.29) is 16.9 Å². The largest absolute Gasteiger partial charge is 0.355 e. The van der Waals surface area contributed by atoms with Crippen molar-refractivity contribution in [3.63, 3.8) is 0 Å². The third kappa shape index (κ3) is 5.27. The van der Waals surface area contributed by atoms with Gasteiger partial charge in [0, 0.05) is 18.3 Å². The van der Waals surface area contributed by atoms with E-state index in [2.05, 4.69) is 16.0 Å². The Morgan fingerprint density at radius 3 is 1.97 bits per heavy atom. The second-order valence-electron chi connectivity index (χ2n) is 6.36. The molecule has 0 radical (unpaired) electrons. The Kier molecular flexibility index (Phi) is 6.71. The molecule has 5 nitrogen and oxygen atoms in total. The maximum absolute atomic E-state index is 13.1. The number of hydrogen-bond acceptors (Lipinski definition) is 3. The Balaban J connectivity index is 1.76. The fourth-order valence-electron chi connectivity index (χ4n) is 3.02. The Labute approximate surface area is 175 Å². The molecule has 3 aromatic rings. The lowest BCUT2D eigenvalue weighted by atomic mass is 9.90. The molecule has 0 bridgehead atoms. The van der Waals surface area contributed by atoms with Gasteiger partial charge < -0.3 is 16.0 Å². The molecular weight excluding hydrogens is 382 g/mol. The van der Waals surface area contributed by atoms with Crippen molar-refractivity contribution in [3.05, 3.63) is 102 Å². The van der Waals surface area contributed by atoms with Crippen molar-refractivity contribution in [2.24, 2.45) is 0 Å². The molecule has 3 rings (SSSR count). The summed E-state index contributed by atoms with van der Waals surface area (Å²) < 4.78 is 0. The van der Waals surface area contributed by atoms with Crippen LogP contribution in [0.25, 0.3) is 0 Å². The summed E-state index contributed by atoms with van der Waals surface area (Å²) in [6, 6.07) is 26.0. The van der Waals surface area contributed by atoms with Crippen LogP contribution in [0.1, 0.15) is 27.4 Å². The number of carbonyl (C=O) groups is 2. The highest BCUT2D eigenvalue weighted by Gasteiger charge is 2.23. The zero-order valence-corrected chi connectivity index (χ0v) is 16.7. The minimum absolute atomic E-state index is 0.168. The number of carbonyl (C=O) groups excluding carboxylic acids is 2. The fourth-order valence-corrected chi connectivity index (χ4v) is 3.23. The average molecular weight is 404 g/mol. The van der Waals surface area contributed by atoms with E-state index in [0.29, 0.717) is 11.3 Å². The van der Waals surface area contributed by atoms with Crippen LogP contribution in [-0.2, 0) is 4.79 Å². The smallest absolute Gasteiger partial charge is 0.251 e. The molecular formula is C23H21N3O2S. The molecule has 0 aromatic heterocycles. The lowest BCUT2D eigenvalue weighted by Gasteiger charge is -2.19. The SMILES string of the molecule is CNC(=O)c1cccc(NC(=S)NC(=O)C(c2ccccc2)c2ccccc2)c1. The number of amides is 2. The standard InChI is InChI=1S/C23H21N3O2S/c1-24-21(27)18-13-8-14-19(15-18)25-23(29)26-22(28)20(16-9-4-2-5-10-16)17-11-6-3-7-12-17/h2-15,20H,1H3,(H,24,27)(H2,25,26,28,29). The van der Waals surface area contributed by atoms with Gasteiger partial charge in [-0.1, -0.05) is 66.7 Å². The van der Waals surface area contributed by atoms with E-state index >= 15 is 0 Å². The van der Waals surface area contributed by atoms with Crippen LogP contribution in [0.5, 0.6) is 0 Å². The van der Waals surface area contributed by atoms with E-state index in [1.54, 1.807) is 31.3 Å². The van der Waals surface area contributed by atoms with Crippen LogP contribution in [0.15, 0.2) is 84.9 Å². The molecule has 0 fully saturated rings. The third-order valence-corrected chi connectivity index (χ3v) is 4.58. The van der Waals surface area contributed by atoms with Gasteiger partial charge in [-0.15, -0.1) is 0 Å². The summed E-state index contributed by atoms with van der Waals surface area (Å²) in [7, 11) is 1.57. The molecule has 0 saturated carbocycles. The van der Waals surface area contributed by atoms with Crippen molar-refractivity contribution in [1.29, 1.82) is 0 Å². The van der Waals surface area contributed by atoms with E-state index in [9.17, 15) is 9.59 Å². The molecule has 0 heterocycles. The number of benzene rings is 3. The lowest BCUT2D eigenvalue weighted by Crippen LogP contribution is -2.38. The van der Waals surface area contributed by atoms with Gasteiger partial charge in [0.25, 0.3) is 5.91 Å². The van der Waals surface area contributed by atoms with Crippen LogP contribution in [-0.4, -0.2) is 24.0 Å². The van der Waals surface area contributed by atoms with Gasteiger partial charge in [0.05, 0.1) is 5.92 Å². The molecule has 0 aliphatic heterocycles. The Hall–Kier alpha value is -3.51. The van der Waals surface area contributed by atoms with Crippen molar-refractivity contribution in [1.82, 2.24) is 10.6 Å². The zero-order chi connectivity index (χ0) is 20.6. The summed E-state index contributed by atoms with van der Waals surface area (Å²) in [5.74, 6) is -0.923. The van der Waals surface area contributed by atoms with Crippen molar-refractivity contribution >= 4 is 34.8 Å². The highest BCUT2D eigenvalue weighted by atomic mass is 32.1. The topological polar surface area (TPSA) is 70.2 Å². The van der Waals surface area contributed by atoms with E-state index < -0.39 is 5.92 Å². The first-order valence-electron chi connectivity index (χ1n) is 9.12. The van der Waals surface area contributed by atoms with Gasteiger partial charge >= 0.3 is 0 Å². The van der Waals surface area contributed by atoms with Gasteiger partial charge in [0.1, 0.15) is 0 Å². The molecule has 0 unspecified atom stereocenters. The summed E-state index contributed by atoms with van der Waals surface area (Å²) in [4.78, 5) is 24.9. The molecule has 146 valence electrons. The van der Waals surface area contributed by atoms with Crippen molar-refractivity contribution in [2.75, 3.05) is 12.4 Å². The molecule has 3 N–H and O–H groups in total. The third-order valence-electron chi connectivity index (χ3n) is 4.37. The molecule has 0 aliphatic carbocycles. The fraction of sp³-hybridized carbons (Fsp3) is 0.0870. The predicted molar refractivity (Wildman–Crippen MR) is 119 cm³/mol. The Bertz CT molecular complexity index is 967. The van der Waals surface area contributed by atoms with Crippen LogP contribution < -0.4 is 16.0 Å². The molecule has 0 spiro atoms. The average Bonchev–Trinajstić information content (AvgIpc) is 2.75. The van der Waals surface area contributed by atoms with E-state index in [1.165, 1.54) is 0 Å². The summed E-state index contributed by atoms with van der Waals surface area (Å²) in [5.41, 5.74) is 2.87. The van der Waals surface area contributed by atoms with Gasteiger partial charge in [-0.25, -0.2) is 0 Å². The maximum Gasteiger partial charge on any atom is 0.251 e. The minimum atomic E-state index is -0.491. The van der Waals surface area contributed by atoms with Crippen LogP contribution in [0.3, 0.4) is 0 Å². The quantitative estimate of drug-likeness (QED) is 0.568. The molecule has 6 heteroatoms. The first-order valence-corrected chi connectivity index (χ1v) is 9.53. The van der Waals surface area contributed by atoms with Crippen molar-refractivity contribution in [3.8, 4) is 0 Å². The van der Waals surface area contributed by atoms with Gasteiger partial charge in [-0.2, -0.15) is 0 Å². The minimum Gasteiger partial charge on any atom is -0.355 e. The number of hydrogen-bond donors (Lipinski definition) is 3. The summed E-state index contributed by atoms with van der Waals surface area (Å²) in [6.07, 6.45) is 0. The monoisotopic (exact) mass is 403 g/mol. The second kappa shape index (κ2) is 9.61. The lowest BCUT2D eigenvalue weighted by molar-refractivity contribution is -0.120. The summed E-state index contributed by atoms with van der Waals surface area (Å²) >= 11 is 5.33. The van der Waals surface area contributed by atoms with Gasteiger partial charge in [-0.3, -0.25) is 9.59 Å². The van der Waals surface area contributed by atoms with Crippen LogP contribution in [0.2, 0.25) is 0 Å². The van der Waals surface area contributed by atoms with Gasteiger partial charge in [0.15, 0.2) is 5.11 Å². The molecule has 3 aromatic carbocycles. The normalized spacial score (nSPS) is 10.3. The second-order valence-corrected chi connectivity index (χ2v) is 6.77. The molecule has 0 aliphatic rings. The molecule has 2 amide bonds. The molecule has 0 saturated heterocycles. The first kappa shape index (κ1) is 20.2. The van der Waals surface area contributed by atoms with Crippen LogP contribution in [0.4, 0.5) is 5.69 Å². The summed E-state index contributed by atoms with van der Waals surface area (Å²) in [6.45, 7) is 0. The van der Waals surface area contributed by atoms with Crippen molar-refractivity contribution in [2.45, 2.75) is 5.92 Å². The van der Waals surface area contributed by atoms with E-state index in [1.807, 2.05) is 60.7 Å². The number of anilines is 1. The van der Waals surface area contributed by atoms with Crippen molar-refractivity contribution < 1.29 is 9.59 Å².